The highest BCUT2D eigenvalue weighted by Crippen LogP contribution is 2.16. The minimum atomic E-state index is -1.67. The van der Waals surface area contributed by atoms with Gasteiger partial charge in [-0.3, -0.25) is 14.4 Å². The second-order valence-electron chi connectivity index (χ2n) is 7.08. The van der Waals surface area contributed by atoms with E-state index in [9.17, 15) is 29.0 Å². The first-order chi connectivity index (χ1) is 15.8. The van der Waals surface area contributed by atoms with Crippen LogP contribution in [0.1, 0.15) is 11.1 Å². The Balaban J connectivity index is 1.83. The van der Waals surface area contributed by atoms with Crippen LogP contribution in [-0.4, -0.2) is 27.7 Å². The molecule has 3 N–H and O–H groups in total. The summed E-state index contributed by atoms with van der Waals surface area (Å²) in [6, 6.07) is 17.0. The lowest BCUT2D eigenvalue weighted by Gasteiger charge is -2.12. The van der Waals surface area contributed by atoms with Crippen LogP contribution >= 0.6 is 0 Å². The molecule has 0 unspecified atom stereocenters. The molecule has 0 aliphatic carbocycles. The standard InChI is InChI=1S/C26H20FNO5/c27-19-7-9-20(10-8-19)28-26(33)25(23(31)15-5-17-1-11-21(29)12-2-17)24(32)16-6-18-3-13-22(30)14-4-18/h1-16,25,29-30H,(H,28,33). The molecule has 0 heterocycles. The first-order valence-electron chi connectivity index (χ1n) is 9.90. The molecule has 0 radical (unpaired) electrons. The van der Waals surface area contributed by atoms with Crippen LogP contribution in [0, 0.1) is 11.7 Å². The molecule has 1 amide bonds. The predicted molar refractivity (Wildman–Crippen MR) is 123 cm³/mol. The average Bonchev–Trinajstić information content (AvgIpc) is 2.80. The van der Waals surface area contributed by atoms with Crippen molar-refractivity contribution in [3.8, 4) is 11.5 Å². The Morgan fingerprint density at radius 2 is 1.12 bits per heavy atom. The molecule has 3 aromatic rings. The number of benzene rings is 3. The zero-order valence-corrected chi connectivity index (χ0v) is 17.3. The highest BCUT2D eigenvalue weighted by Gasteiger charge is 2.31. The van der Waals surface area contributed by atoms with Gasteiger partial charge in [0.05, 0.1) is 0 Å². The molecule has 0 aliphatic rings. The molecule has 0 spiro atoms. The Bertz CT molecular complexity index is 1130. The lowest BCUT2D eigenvalue weighted by Crippen LogP contribution is -2.34. The Labute approximate surface area is 189 Å². The van der Waals surface area contributed by atoms with Gasteiger partial charge in [0.25, 0.3) is 0 Å². The van der Waals surface area contributed by atoms with E-state index < -0.39 is 29.2 Å². The molecule has 0 saturated carbocycles. The summed E-state index contributed by atoms with van der Waals surface area (Å²) < 4.78 is 13.1. The number of anilines is 1. The molecule has 0 fully saturated rings. The summed E-state index contributed by atoms with van der Waals surface area (Å²) in [6.07, 6.45) is 5.09. The van der Waals surface area contributed by atoms with Crippen LogP contribution in [0.25, 0.3) is 12.2 Å². The Morgan fingerprint density at radius 3 is 1.55 bits per heavy atom. The minimum Gasteiger partial charge on any atom is -0.508 e. The molecule has 0 atom stereocenters. The number of carbonyl (C=O) groups is 3. The van der Waals surface area contributed by atoms with E-state index in [2.05, 4.69) is 5.32 Å². The normalized spacial score (nSPS) is 12.0. The number of phenolic OH excluding ortho intramolecular Hbond substituents is 2. The Morgan fingerprint density at radius 1 is 0.697 bits per heavy atom. The van der Waals surface area contributed by atoms with Crippen molar-refractivity contribution in [1.29, 1.82) is 0 Å². The summed E-state index contributed by atoms with van der Waals surface area (Å²) in [4.78, 5) is 38.5. The quantitative estimate of drug-likeness (QED) is 0.353. The van der Waals surface area contributed by atoms with Crippen LogP contribution in [0.15, 0.2) is 84.9 Å². The monoisotopic (exact) mass is 445 g/mol. The summed E-state index contributed by atoms with van der Waals surface area (Å²) in [7, 11) is 0. The van der Waals surface area contributed by atoms with Crippen molar-refractivity contribution in [2.45, 2.75) is 0 Å². The van der Waals surface area contributed by atoms with E-state index in [0.29, 0.717) is 11.1 Å². The minimum absolute atomic E-state index is 0.0598. The van der Waals surface area contributed by atoms with Crippen LogP contribution in [0.3, 0.4) is 0 Å². The van der Waals surface area contributed by atoms with Crippen molar-refractivity contribution in [1.82, 2.24) is 0 Å². The molecule has 0 saturated heterocycles. The number of ketones is 2. The first-order valence-corrected chi connectivity index (χ1v) is 9.90. The van der Waals surface area contributed by atoms with E-state index in [-0.39, 0.29) is 17.2 Å². The number of hydrogen-bond acceptors (Lipinski definition) is 5. The number of nitrogens with one attached hydrogen (secondary N) is 1. The van der Waals surface area contributed by atoms with Crippen molar-refractivity contribution in [2.75, 3.05) is 5.32 Å². The number of aromatic hydroxyl groups is 2. The van der Waals surface area contributed by atoms with Crippen molar-refractivity contribution >= 4 is 35.3 Å². The molecular weight excluding hydrogens is 425 g/mol. The predicted octanol–water partition coefficient (Wildman–Crippen LogP) is 4.36. The van der Waals surface area contributed by atoms with Crippen molar-refractivity contribution < 1.29 is 29.0 Å². The number of carbonyl (C=O) groups excluding carboxylic acids is 3. The second kappa shape index (κ2) is 10.7. The maximum absolute atomic E-state index is 13.1. The molecule has 166 valence electrons. The third-order valence-electron chi connectivity index (χ3n) is 4.61. The largest absolute Gasteiger partial charge is 0.508 e. The summed E-state index contributed by atoms with van der Waals surface area (Å²) >= 11 is 0. The van der Waals surface area contributed by atoms with Crippen LogP contribution in [0.5, 0.6) is 11.5 Å². The molecule has 33 heavy (non-hydrogen) atoms. The third kappa shape index (κ3) is 6.73. The fraction of sp³-hybridized carbons (Fsp3) is 0.0385. The number of rotatable bonds is 8. The molecule has 3 rings (SSSR count). The van der Waals surface area contributed by atoms with Gasteiger partial charge in [0.2, 0.25) is 5.91 Å². The highest BCUT2D eigenvalue weighted by molar-refractivity contribution is 6.28. The SMILES string of the molecule is O=C(C=Cc1ccc(O)cc1)C(C(=O)C=Cc1ccc(O)cc1)C(=O)Nc1ccc(F)cc1. The van der Waals surface area contributed by atoms with Gasteiger partial charge >= 0.3 is 0 Å². The van der Waals surface area contributed by atoms with Gasteiger partial charge < -0.3 is 15.5 Å². The van der Waals surface area contributed by atoms with E-state index >= 15 is 0 Å². The molecule has 3 aromatic carbocycles. The Kier molecular flexibility index (Phi) is 7.49. The third-order valence-corrected chi connectivity index (χ3v) is 4.61. The van der Waals surface area contributed by atoms with Crippen LogP contribution in [0.2, 0.25) is 0 Å². The summed E-state index contributed by atoms with van der Waals surface area (Å²) in [5.74, 6) is -4.40. The van der Waals surface area contributed by atoms with E-state index in [1.807, 2.05) is 0 Å². The average molecular weight is 445 g/mol. The van der Waals surface area contributed by atoms with E-state index in [1.54, 1.807) is 24.3 Å². The summed E-state index contributed by atoms with van der Waals surface area (Å²) in [5, 5.41) is 21.2. The number of phenols is 2. The molecule has 0 aromatic heterocycles. The van der Waals surface area contributed by atoms with Gasteiger partial charge in [-0.2, -0.15) is 0 Å². The molecule has 0 aliphatic heterocycles. The van der Waals surface area contributed by atoms with Gasteiger partial charge in [0.15, 0.2) is 17.5 Å². The van der Waals surface area contributed by atoms with E-state index in [0.717, 1.165) is 24.3 Å². The zero-order chi connectivity index (χ0) is 23.8. The van der Waals surface area contributed by atoms with Gasteiger partial charge in [0, 0.05) is 5.69 Å². The fourth-order valence-electron chi connectivity index (χ4n) is 2.87. The molecular formula is C26H20FNO5. The zero-order valence-electron chi connectivity index (χ0n) is 17.3. The molecule has 6 nitrogen and oxygen atoms in total. The summed E-state index contributed by atoms with van der Waals surface area (Å²) in [5.41, 5.74) is 1.41. The number of amides is 1. The first kappa shape index (κ1) is 23.1. The second-order valence-corrected chi connectivity index (χ2v) is 7.08. The van der Waals surface area contributed by atoms with Crippen molar-refractivity contribution in [3.63, 3.8) is 0 Å². The molecule has 0 bridgehead atoms. The van der Waals surface area contributed by atoms with Crippen LogP contribution in [-0.2, 0) is 14.4 Å². The maximum Gasteiger partial charge on any atom is 0.243 e. The van der Waals surface area contributed by atoms with Gasteiger partial charge in [-0.1, -0.05) is 36.4 Å². The smallest absolute Gasteiger partial charge is 0.243 e. The fourth-order valence-corrected chi connectivity index (χ4v) is 2.87. The number of hydrogen-bond donors (Lipinski definition) is 3. The maximum atomic E-state index is 13.1. The highest BCUT2D eigenvalue weighted by atomic mass is 19.1. The lowest BCUT2D eigenvalue weighted by molar-refractivity contribution is -0.134. The van der Waals surface area contributed by atoms with Crippen molar-refractivity contribution in [2.24, 2.45) is 5.92 Å². The number of halogens is 1. The van der Waals surface area contributed by atoms with Gasteiger partial charge in [-0.25, -0.2) is 4.39 Å². The van der Waals surface area contributed by atoms with Crippen molar-refractivity contribution in [3.05, 3.63) is 102 Å². The molecule has 7 heteroatoms. The van der Waals surface area contributed by atoms with Crippen LogP contribution in [0.4, 0.5) is 10.1 Å². The van der Waals surface area contributed by atoms with E-state index in [1.165, 1.54) is 48.6 Å². The number of allylic oxidation sites excluding steroid dienone is 2. The van der Waals surface area contributed by atoms with Crippen LogP contribution < -0.4 is 5.32 Å². The lowest BCUT2D eigenvalue weighted by atomic mass is 9.95. The summed E-state index contributed by atoms with van der Waals surface area (Å²) in [6.45, 7) is 0. The van der Waals surface area contributed by atoms with Gasteiger partial charge in [-0.15, -0.1) is 0 Å². The van der Waals surface area contributed by atoms with Gasteiger partial charge in [0.1, 0.15) is 17.3 Å². The Hall–Kier alpha value is -4.52. The topological polar surface area (TPSA) is 104 Å². The van der Waals surface area contributed by atoms with E-state index in [4.69, 9.17) is 0 Å². The van der Waals surface area contributed by atoms with Gasteiger partial charge in [-0.05, 0) is 71.8 Å².